The molecule has 1 unspecified atom stereocenters. The minimum absolute atomic E-state index is 0.237. The molecule has 1 aromatic carbocycles. The Morgan fingerprint density at radius 2 is 1.82 bits per heavy atom. The Morgan fingerprint density at radius 3 is 2.61 bits per heavy atom. The van der Waals surface area contributed by atoms with E-state index in [-0.39, 0.29) is 5.92 Å². The van der Waals surface area contributed by atoms with Gasteiger partial charge in [-0.3, -0.25) is 15.0 Å². The van der Waals surface area contributed by atoms with Gasteiger partial charge in [0.2, 0.25) is 5.95 Å². The summed E-state index contributed by atoms with van der Waals surface area (Å²) >= 11 is 0. The minimum atomic E-state index is 0.237. The molecule has 1 atom stereocenters. The minimum Gasteiger partial charge on any atom is -0.378 e. The Morgan fingerprint density at radius 1 is 0.939 bits per heavy atom. The van der Waals surface area contributed by atoms with Gasteiger partial charge in [-0.2, -0.15) is 14.6 Å². The Balaban J connectivity index is 0.947. The summed E-state index contributed by atoms with van der Waals surface area (Å²) in [5.41, 5.74) is 6.21. The number of benzene rings is 1. The largest absolute Gasteiger partial charge is 0.378 e. The second kappa shape index (κ2) is 13.1. The second-order valence-electron chi connectivity index (χ2n) is 13.2. The van der Waals surface area contributed by atoms with Gasteiger partial charge in [-0.15, -0.1) is 5.10 Å². The standard InChI is InChI=1S/C37H39N11O/c1-2-6-26(7-3-1)30-22-29-23-39-36-42-37(47-18-20-49-21-19-47)45-48(36)35(29)40-32(30)27-11-9-25(10-12-27)24-46-16-13-28(14-17-46)33-41-34(44-43-33)31-8-4-5-15-38-31/h1-4,6,8-12,22-23,26,28H,5,7,13-21,24H2,(H,41,43,44). The van der Waals surface area contributed by atoms with Crippen molar-refractivity contribution in [3.05, 3.63) is 95.8 Å². The van der Waals surface area contributed by atoms with Gasteiger partial charge < -0.3 is 9.64 Å². The molecular weight excluding hydrogens is 614 g/mol. The molecule has 0 radical (unpaired) electrons. The summed E-state index contributed by atoms with van der Waals surface area (Å²) in [6, 6.07) is 11.2. The number of aromatic nitrogens is 8. The van der Waals surface area contributed by atoms with Crippen LogP contribution in [0.4, 0.5) is 5.95 Å². The summed E-state index contributed by atoms with van der Waals surface area (Å²) in [6.45, 7) is 6.65. The molecule has 1 N–H and O–H groups in total. The fourth-order valence-corrected chi connectivity index (χ4v) is 7.28. The van der Waals surface area contributed by atoms with Crippen molar-refractivity contribution in [1.29, 1.82) is 0 Å². The number of pyridine rings is 1. The van der Waals surface area contributed by atoms with E-state index in [0.29, 0.717) is 36.7 Å². The summed E-state index contributed by atoms with van der Waals surface area (Å²) in [5, 5.41) is 13.5. The molecule has 0 amide bonds. The number of rotatable bonds is 7. The Bertz CT molecular complexity index is 2090. The second-order valence-corrected chi connectivity index (χ2v) is 13.2. The van der Waals surface area contributed by atoms with Gasteiger partial charge in [0.05, 0.1) is 18.9 Å². The summed E-state index contributed by atoms with van der Waals surface area (Å²) < 4.78 is 7.33. The zero-order valence-corrected chi connectivity index (χ0v) is 27.4. The van der Waals surface area contributed by atoms with E-state index in [1.54, 1.807) is 4.52 Å². The number of ether oxygens (including phenoxy) is 1. The van der Waals surface area contributed by atoms with Gasteiger partial charge in [0.25, 0.3) is 5.78 Å². The van der Waals surface area contributed by atoms with Crippen LogP contribution in [0.25, 0.3) is 28.1 Å². The maximum absolute atomic E-state index is 5.54. The van der Waals surface area contributed by atoms with Crippen LogP contribution in [0.3, 0.4) is 0 Å². The van der Waals surface area contributed by atoms with E-state index in [9.17, 15) is 0 Å². The number of allylic oxidation sites excluding steroid dienone is 5. The number of fused-ring (bicyclic) bond motifs is 3. The van der Waals surface area contributed by atoms with E-state index < -0.39 is 0 Å². The molecule has 4 aliphatic rings. The van der Waals surface area contributed by atoms with E-state index in [1.807, 2.05) is 12.3 Å². The fraction of sp³-hybridized carbons (Fsp3) is 0.378. The molecule has 5 aromatic rings. The van der Waals surface area contributed by atoms with E-state index in [4.69, 9.17) is 24.8 Å². The quantitative estimate of drug-likeness (QED) is 0.258. The number of nitrogens with one attached hydrogen (secondary N) is 1. The lowest BCUT2D eigenvalue weighted by Crippen LogP contribution is -2.36. The van der Waals surface area contributed by atoms with Gasteiger partial charge >= 0.3 is 0 Å². The molecule has 49 heavy (non-hydrogen) atoms. The van der Waals surface area contributed by atoms with Crippen LogP contribution in [0, 0.1) is 0 Å². The van der Waals surface area contributed by atoms with Crippen molar-refractivity contribution in [3.8, 4) is 11.3 Å². The molecule has 0 bridgehead atoms. The van der Waals surface area contributed by atoms with Crippen molar-refractivity contribution in [1.82, 2.24) is 44.6 Å². The fourth-order valence-electron chi connectivity index (χ4n) is 7.28. The lowest BCUT2D eigenvalue weighted by atomic mass is 9.88. The third-order valence-electron chi connectivity index (χ3n) is 10.0. The average molecular weight is 654 g/mol. The number of aromatic amines is 1. The maximum Gasteiger partial charge on any atom is 0.256 e. The van der Waals surface area contributed by atoms with Crippen LogP contribution >= 0.6 is 0 Å². The van der Waals surface area contributed by atoms with Gasteiger partial charge in [-0.25, -0.2) is 15.0 Å². The SMILES string of the molecule is C1=CCC(c2cc3cnc4nc(N5CCOCC5)nn4c3nc2-c2ccc(CN3CCC(c4nc(C5=NCCC=C5)n[nH]4)CC3)cc2)C=C1. The molecule has 7 heterocycles. The molecule has 0 spiro atoms. The summed E-state index contributed by atoms with van der Waals surface area (Å²) in [5.74, 6) is 3.56. The molecule has 12 nitrogen and oxygen atoms in total. The molecular formula is C37H39N11O. The molecule has 2 saturated heterocycles. The lowest BCUT2D eigenvalue weighted by molar-refractivity contribution is 0.122. The number of aliphatic imine (C=N–C) groups is 1. The topological polar surface area (TPSA) is 126 Å². The molecule has 3 aliphatic heterocycles. The first-order chi connectivity index (χ1) is 24.2. The van der Waals surface area contributed by atoms with Crippen LogP contribution in [0.15, 0.2) is 78.0 Å². The van der Waals surface area contributed by atoms with Crippen molar-refractivity contribution in [2.45, 2.75) is 44.1 Å². The number of likely N-dealkylation sites (tertiary alicyclic amines) is 1. The molecule has 248 valence electrons. The Hall–Kier alpha value is -5.07. The van der Waals surface area contributed by atoms with E-state index in [0.717, 1.165) is 98.8 Å². The zero-order valence-electron chi connectivity index (χ0n) is 27.4. The van der Waals surface area contributed by atoms with E-state index >= 15 is 0 Å². The highest BCUT2D eigenvalue weighted by atomic mass is 16.5. The van der Waals surface area contributed by atoms with Crippen molar-refractivity contribution >= 4 is 28.5 Å². The molecule has 2 fully saturated rings. The lowest BCUT2D eigenvalue weighted by Gasteiger charge is -2.31. The molecule has 9 rings (SSSR count). The number of dihydropyridines is 1. The summed E-state index contributed by atoms with van der Waals surface area (Å²) in [6.07, 6.45) is 18.8. The van der Waals surface area contributed by atoms with Crippen molar-refractivity contribution in [2.24, 2.45) is 4.99 Å². The van der Waals surface area contributed by atoms with Gasteiger partial charge in [-0.1, -0.05) is 54.6 Å². The van der Waals surface area contributed by atoms with Gasteiger partial charge in [0.15, 0.2) is 11.5 Å². The first kappa shape index (κ1) is 30.0. The van der Waals surface area contributed by atoms with Crippen LogP contribution in [0.2, 0.25) is 0 Å². The van der Waals surface area contributed by atoms with Crippen LogP contribution in [-0.4, -0.2) is 96.3 Å². The normalized spacial score (nSPS) is 20.4. The van der Waals surface area contributed by atoms with Crippen LogP contribution in [-0.2, 0) is 11.3 Å². The Labute approximate surface area is 284 Å². The molecule has 12 heteroatoms. The zero-order chi connectivity index (χ0) is 32.6. The number of piperidine rings is 1. The molecule has 1 aliphatic carbocycles. The third kappa shape index (κ3) is 6.06. The number of morpholine rings is 1. The highest BCUT2D eigenvalue weighted by molar-refractivity contribution is 6.06. The highest BCUT2D eigenvalue weighted by Crippen LogP contribution is 2.35. The highest BCUT2D eigenvalue weighted by Gasteiger charge is 2.25. The first-order valence-electron chi connectivity index (χ1n) is 17.4. The van der Waals surface area contributed by atoms with Crippen LogP contribution in [0.1, 0.15) is 60.3 Å². The molecule has 4 aromatic heterocycles. The van der Waals surface area contributed by atoms with Gasteiger partial charge in [-0.05, 0) is 62.0 Å². The molecule has 0 saturated carbocycles. The smallest absolute Gasteiger partial charge is 0.256 e. The predicted octanol–water partition coefficient (Wildman–Crippen LogP) is 5.02. The number of hydrogen-bond donors (Lipinski definition) is 1. The van der Waals surface area contributed by atoms with E-state index in [1.165, 1.54) is 11.1 Å². The number of nitrogens with zero attached hydrogens (tertiary/aromatic N) is 10. The average Bonchev–Trinajstić information content (AvgIpc) is 3.85. The van der Waals surface area contributed by atoms with Crippen molar-refractivity contribution in [3.63, 3.8) is 0 Å². The Kier molecular flexibility index (Phi) is 8.02. The summed E-state index contributed by atoms with van der Waals surface area (Å²) in [4.78, 5) is 28.8. The summed E-state index contributed by atoms with van der Waals surface area (Å²) in [7, 11) is 0. The number of H-pyrrole nitrogens is 1. The predicted molar refractivity (Wildman–Crippen MR) is 189 cm³/mol. The van der Waals surface area contributed by atoms with Crippen molar-refractivity contribution < 1.29 is 4.74 Å². The monoisotopic (exact) mass is 653 g/mol. The number of hydrogen-bond acceptors (Lipinski definition) is 10. The third-order valence-corrected chi connectivity index (χ3v) is 10.0. The first-order valence-corrected chi connectivity index (χ1v) is 17.4. The van der Waals surface area contributed by atoms with Crippen LogP contribution < -0.4 is 4.90 Å². The van der Waals surface area contributed by atoms with Gasteiger partial charge in [0, 0.05) is 55.2 Å². The van der Waals surface area contributed by atoms with E-state index in [2.05, 4.69) is 90.7 Å². The van der Waals surface area contributed by atoms with Crippen LogP contribution in [0.5, 0.6) is 0 Å². The maximum atomic E-state index is 5.54. The van der Waals surface area contributed by atoms with Crippen molar-refractivity contribution in [2.75, 3.05) is 50.8 Å². The van der Waals surface area contributed by atoms with Gasteiger partial charge in [0.1, 0.15) is 11.5 Å². The number of anilines is 1.